The van der Waals surface area contributed by atoms with Crippen LogP contribution in [0.3, 0.4) is 0 Å². The van der Waals surface area contributed by atoms with Gasteiger partial charge in [-0.25, -0.2) is 0 Å². The number of carbonyl (C=O) groups is 4. The molecule has 1 aliphatic carbocycles. The van der Waals surface area contributed by atoms with Crippen molar-refractivity contribution in [2.24, 2.45) is 11.8 Å². The minimum atomic E-state index is -0.620. The van der Waals surface area contributed by atoms with Crippen LogP contribution in [0.15, 0.2) is 36.4 Å². The molecule has 1 saturated heterocycles. The number of anilines is 1. The van der Waals surface area contributed by atoms with Gasteiger partial charge in [-0.3, -0.25) is 24.1 Å². The van der Waals surface area contributed by atoms with E-state index in [1.54, 1.807) is 12.1 Å². The highest BCUT2D eigenvalue weighted by Gasteiger charge is 2.46. The fourth-order valence-electron chi connectivity index (χ4n) is 3.53. The van der Waals surface area contributed by atoms with Crippen LogP contribution in [-0.2, 0) is 30.3 Å². The first-order chi connectivity index (χ1) is 13.5. The van der Waals surface area contributed by atoms with Gasteiger partial charge in [-0.1, -0.05) is 31.2 Å². The lowest BCUT2D eigenvalue weighted by molar-refractivity contribution is -0.148. The highest BCUT2D eigenvalue weighted by molar-refractivity contribution is 6.05. The van der Waals surface area contributed by atoms with E-state index in [0.29, 0.717) is 18.5 Å². The quantitative estimate of drug-likeness (QED) is 0.441. The molecule has 0 radical (unpaired) electrons. The smallest absolute Gasteiger partial charge is 0.308 e. The summed E-state index contributed by atoms with van der Waals surface area (Å²) in [5.41, 5.74) is 1.79. The number of likely N-dealkylation sites (tertiary alicyclic amines) is 1. The van der Waals surface area contributed by atoms with Crippen LogP contribution in [-0.4, -0.2) is 41.7 Å². The number of allylic oxidation sites excluding steroid dienone is 2. The van der Waals surface area contributed by atoms with Crippen molar-refractivity contribution in [2.45, 2.75) is 32.6 Å². The molecule has 2 aliphatic rings. The Morgan fingerprint density at radius 3 is 2.25 bits per heavy atom. The van der Waals surface area contributed by atoms with Crippen LogP contribution < -0.4 is 5.32 Å². The van der Waals surface area contributed by atoms with Crippen LogP contribution in [0.4, 0.5) is 5.69 Å². The topological polar surface area (TPSA) is 92.8 Å². The monoisotopic (exact) mass is 384 g/mol. The second-order valence-electron chi connectivity index (χ2n) is 6.99. The van der Waals surface area contributed by atoms with E-state index in [1.807, 2.05) is 31.2 Å². The summed E-state index contributed by atoms with van der Waals surface area (Å²) in [5.74, 6) is -2.12. The van der Waals surface area contributed by atoms with Gasteiger partial charge in [0.05, 0.1) is 18.3 Å². The van der Waals surface area contributed by atoms with Crippen molar-refractivity contribution in [3.05, 3.63) is 42.0 Å². The van der Waals surface area contributed by atoms with E-state index >= 15 is 0 Å². The van der Waals surface area contributed by atoms with Crippen LogP contribution in [0.5, 0.6) is 0 Å². The number of hydrogen-bond donors (Lipinski definition) is 1. The summed E-state index contributed by atoms with van der Waals surface area (Å²) in [5, 5.41) is 2.65. The fraction of sp³-hybridized carbons (Fsp3) is 0.429. The highest BCUT2D eigenvalue weighted by atomic mass is 16.5. The summed E-state index contributed by atoms with van der Waals surface area (Å²) < 4.78 is 4.96. The predicted molar refractivity (Wildman–Crippen MR) is 102 cm³/mol. The molecular formula is C21H24N2O5. The second kappa shape index (κ2) is 8.82. The normalized spacial score (nSPS) is 20.8. The molecule has 0 spiro atoms. The number of imide groups is 1. The molecule has 1 N–H and O–H groups in total. The first-order valence-corrected chi connectivity index (χ1v) is 9.54. The van der Waals surface area contributed by atoms with Gasteiger partial charge in [0.15, 0.2) is 6.61 Å². The van der Waals surface area contributed by atoms with Gasteiger partial charge in [0.25, 0.3) is 5.91 Å². The zero-order valence-electron chi connectivity index (χ0n) is 15.8. The molecule has 1 aromatic rings. The molecule has 1 aliphatic heterocycles. The molecule has 3 rings (SSSR count). The fourth-order valence-corrected chi connectivity index (χ4v) is 3.53. The molecule has 148 valence electrons. The molecule has 7 nitrogen and oxygen atoms in total. The number of esters is 1. The second-order valence-corrected chi connectivity index (χ2v) is 6.99. The Balaban J connectivity index is 1.41. The standard InChI is InChI=1S/C21H24N2O5/c1-2-14-7-9-15(10-8-14)22-18(24)13-28-19(25)11-12-23-20(26)16-5-3-4-6-17(16)21(23)27/h3-4,7-10,16-17H,2,5-6,11-13H2,1H3,(H,22,24)/t16-,17-/m0/s1. The third-order valence-electron chi connectivity index (χ3n) is 5.15. The molecule has 2 atom stereocenters. The maximum atomic E-state index is 12.3. The Hall–Kier alpha value is -2.96. The Kier molecular flexibility index (Phi) is 6.23. The summed E-state index contributed by atoms with van der Waals surface area (Å²) in [6, 6.07) is 7.41. The SMILES string of the molecule is CCc1ccc(NC(=O)COC(=O)CCN2C(=O)[C@H]3CC=CC[C@@H]3C2=O)cc1. The number of nitrogens with one attached hydrogen (secondary N) is 1. The van der Waals surface area contributed by atoms with Gasteiger partial charge >= 0.3 is 5.97 Å². The average molecular weight is 384 g/mol. The number of hydrogen-bond acceptors (Lipinski definition) is 5. The van der Waals surface area contributed by atoms with E-state index in [4.69, 9.17) is 4.74 Å². The van der Waals surface area contributed by atoms with E-state index < -0.39 is 18.5 Å². The number of benzene rings is 1. The first kappa shape index (κ1) is 19.8. The molecule has 1 heterocycles. The van der Waals surface area contributed by atoms with Crippen molar-refractivity contribution in [2.75, 3.05) is 18.5 Å². The first-order valence-electron chi connectivity index (χ1n) is 9.54. The molecular weight excluding hydrogens is 360 g/mol. The lowest BCUT2D eigenvalue weighted by Crippen LogP contribution is -2.33. The maximum absolute atomic E-state index is 12.3. The van der Waals surface area contributed by atoms with E-state index in [1.165, 1.54) is 0 Å². The summed E-state index contributed by atoms with van der Waals surface area (Å²) in [6.45, 7) is 1.62. The van der Waals surface area contributed by atoms with Gasteiger partial charge in [0, 0.05) is 12.2 Å². The molecule has 3 amide bonds. The van der Waals surface area contributed by atoms with Crippen molar-refractivity contribution in [1.29, 1.82) is 0 Å². The van der Waals surface area contributed by atoms with E-state index in [2.05, 4.69) is 5.32 Å². The molecule has 0 saturated carbocycles. The van der Waals surface area contributed by atoms with Crippen LogP contribution >= 0.6 is 0 Å². The van der Waals surface area contributed by atoms with Crippen LogP contribution in [0.1, 0.15) is 31.7 Å². The molecule has 1 aromatic carbocycles. The van der Waals surface area contributed by atoms with E-state index in [0.717, 1.165) is 16.9 Å². The summed E-state index contributed by atoms with van der Waals surface area (Å²) in [4.78, 5) is 49.6. The molecule has 7 heteroatoms. The van der Waals surface area contributed by atoms with E-state index in [-0.39, 0.29) is 36.6 Å². The average Bonchev–Trinajstić information content (AvgIpc) is 2.96. The summed E-state index contributed by atoms with van der Waals surface area (Å²) in [7, 11) is 0. The largest absolute Gasteiger partial charge is 0.456 e. The van der Waals surface area contributed by atoms with Crippen molar-refractivity contribution >= 4 is 29.4 Å². The van der Waals surface area contributed by atoms with Gasteiger partial charge in [-0.2, -0.15) is 0 Å². The summed E-state index contributed by atoms with van der Waals surface area (Å²) in [6.07, 6.45) is 5.75. The zero-order valence-corrected chi connectivity index (χ0v) is 15.8. The lowest BCUT2D eigenvalue weighted by atomic mass is 9.85. The van der Waals surface area contributed by atoms with Gasteiger partial charge in [-0.15, -0.1) is 0 Å². The minimum absolute atomic E-state index is 0.0103. The molecule has 0 unspecified atom stereocenters. The molecule has 28 heavy (non-hydrogen) atoms. The van der Waals surface area contributed by atoms with Gasteiger partial charge in [0.1, 0.15) is 0 Å². The van der Waals surface area contributed by atoms with Crippen LogP contribution in [0.25, 0.3) is 0 Å². The molecule has 1 fully saturated rings. The number of ether oxygens (including phenoxy) is 1. The number of carbonyl (C=O) groups excluding carboxylic acids is 4. The van der Waals surface area contributed by atoms with Gasteiger partial charge in [0.2, 0.25) is 11.8 Å². The molecule has 0 bridgehead atoms. The van der Waals surface area contributed by atoms with Gasteiger partial charge < -0.3 is 10.1 Å². The number of rotatable bonds is 7. The van der Waals surface area contributed by atoms with E-state index in [9.17, 15) is 19.2 Å². The minimum Gasteiger partial charge on any atom is -0.456 e. The zero-order chi connectivity index (χ0) is 20.1. The summed E-state index contributed by atoms with van der Waals surface area (Å²) >= 11 is 0. The Morgan fingerprint density at radius 1 is 1.07 bits per heavy atom. The Bertz CT molecular complexity index is 774. The lowest BCUT2D eigenvalue weighted by Gasteiger charge is -2.14. The van der Waals surface area contributed by atoms with Crippen LogP contribution in [0.2, 0.25) is 0 Å². The van der Waals surface area contributed by atoms with Crippen molar-refractivity contribution < 1.29 is 23.9 Å². The number of amides is 3. The third kappa shape index (κ3) is 4.47. The molecule has 0 aromatic heterocycles. The van der Waals surface area contributed by atoms with Gasteiger partial charge in [-0.05, 0) is 37.0 Å². The number of aryl methyl sites for hydroxylation is 1. The number of nitrogens with zero attached hydrogens (tertiary/aromatic N) is 1. The third-order valence-corrected chi connectivity index (χ3v) is 5.15. The van der Waals surface area contributed by atoms with Crippen molar-refractivity contribution in [3.8, 4) is 0 Å². The highest BCUT2D eigenvalue weighted by Crippen LogP contribution is 2.34. The van der Waals surface area contributed by atoms with Crippen molar-refractivity contribution in [1.82, 2.24) is 4.90 Å². The Labute approximate surface area is 163 Å². The van der Waals surface area contributed by atoms with Crippen molar-refractivity contribution in [3.63, 3.8) is 0 Å². The Morgan fingerprint density at radius 2 is 1.68 bits per heavy atom. The predicted octanol–water partition coefficient (Wildman–Crippen LogP) is 2.07. The number of fused-ring (bicyclic) bond motifs is 1. The van der Waals surface area contributed by atoms with Crippen LogP contribution in [0, 0.1) is 11.8 Å². The maximum Gasteiger partial charge on any atom is 0.308 e.